The van der Waals surface area contributed by atoms with Crippen LogP contribution < -0.4 is 5.73 Å². The second-order valence-electron chi connectivity index (χ2n) is 4.09. The van der Waals surface area contributed by atoms with Gasteiger partial charge in [-0.1, -0.05) is 6.07 Å². The van der Waals surface area contributed by atoms with Crippen LogP contribution in [-0.4, -0.2) is 14.5 Å². The van der Waals surface area contributed by atoms with Crippen molar-refractivity contribution >= 4 is 16.8 Å². The number of hydrogen-bond donors (Lipinski definition) is 1. The van der Waals surface area contributed by atoms with Gasteiger partial charge in [-0.25, -0.2) is 9.97 Å². The van der Waals surface area contributed by atoms with E-state index in [0.717, 1.165) is 0 Å². The number of nitrogens with zero attached hydrogens (tertiary/aromatic N) is 5. The Kier molecular flexibility index (Phi) is 2.59. The van der Waals surface area contributed by atoms with Crippen molar-refractivity contribution in [2.24, 2.45) is 0 Å². The van der Waals surface area contributed by atoms with Crippen molar-refractivity contribution in [3.63, 3.8) is 0 Å². The molecule has 7 nitrogen and oxygen atoms in total. The van der Waals surface area contributed by atoms with E-state index >= 15 is 0 Å². The zero-order chi connectivity index (χ0) is 14.1. The molecule has 3 aromatic rings. The first kappa shape index (κ1) is 11.8. The molecule has 2 heterocycles. The van der Waals surface area contributed by atoms with Crippen molar-refractivity contribution in [3.8, 4) is 12.1 Å². The van der Waals surface area contributed by atoms with Crippen molar-refractivity contribution in [1.82, 2.24) is 14.5 Å². The van der Waals surface area contributed by atoms with Crippen LogP contribution in [0.4, 0.5) is 5.69 Å². The van der Waals surface area contributed by atoms with Crippen molar-refractivity contribution in [1.29, 1.82) is 10.5 Å². The molecule has 2 aromatic heterocycles. The first-order valence-corrected chi connectivity index (χ1v) is 5.72. The third-order valence-corrected chi connectivity index (χ3v) is 2.85. The van der Waals surface area contributed by atoms with E-state index in [9.17, 15) is 0 Å². The molecule has 20 heavy (non-hydrogen) atoms. The third kappa shape index (κ3) is 1.74. The van der Waals surface area contributed by atoms with Gasteiger partial charge in [0.2, 0.25) is 5.89 Å². The summed E-state index contributed by atoms with van der Waals surface area (Å²) in [5.41, 5.74) is 7.77. The average Bonchev–Trinajstić information content (AvgIpc) is 3.03. The number of anilines is 1. The van der Waals surface area contributed by atoms with Crippen molar-refractivity contribution in [3.05, 3.63) is 41.8 Å². The average molecular weight is 264 g/mol. The predicted octanol–water partition coefficient (Wildman–Crippen LogP) is 1.40. The van der Waals surface area contributed by atoms with Gasteiger partial charge in [-0.05, 0) is 12.1 Å². The van der Waals surface area contributed by atoms with E-state index < -0.39 is 0 Å². The maximum atomic E-state index is 9.05. The summed E-state index contributed by atoms with van der Waals surface area (Å²) in [6, 6.07) is 9.09. The maximum absolute atomic E-state index is 9.05. The fourth-order valence-electron chi connectivity index (χ4n) is 1.93. The standard InChI is InChI=1S/C13H8N6O/c14-4-9-10(5-15)19(7-17-9)6-12-18-13-8(16)2-1-3-11(13)20-12/h1-3,7H,6,16H2. The first-order valence-electron chi connectivity index (χ1n) is 5.72. The molecule has 96 valence electrons. The Hall–Kier alpha value is -3.32. The molecule has 3 rings (SSSR count). The highest BCUT2D eigenvalue weighted by molar-refractivity contribution is 5.85. The molecular weight excluding hydrogens is 256 g/mol. The molecule has 0 spiro atoms. The number of aromatic nitrogens is 3. The van der Waals surface area contributed by atoms with Gasteiger partial charge in [0.15, 0.2) is 17.0 Å². The second-order valence-corrected chi connectivity index (χ2v) is 4.09. The number of nitrogen functional groups attached to an aromatic ring is 1. The van der Waals surface area contributed by atoms with Crippen molar-refractivity contribution in [2.45, 2.75) is 6.54 Å². The molecule has 0 radical (unpaired) electrons. The summed E-state index contributed by atoms with van der Waals surface area (Å²) in [7, 11) is 0. The van der Waals surface area contributed by atoms with Gasteiger partial charge in [0.1, 0.15) is 24.2 Å². The SMILES string of the molecule is N#Cc1ncn(Cc2nc3c(N)cccc3o2)c1C#N. The topological polar surface area (TPSA) is 117 Å². The van der Waals surface area contributed by atoms with E-state index in [1.807, 2.05) is 12.1 Å². The third-order valence-electron chi connectivity index (χ3n) is 2.85. The minimum absolute atomic E-state index is 0.0862. The minimum atomic E-state index is 0.0862. The summed E-state index contributed by atoms with van der Waals surface area (Å²) in [5, 5.41) is 17.9. The molecule has 0 bridgehead atoms. The van der Waals surface area contributed by atoms with Crippen LogP contribution >= 0.6 is 0 Å². The fourth-order valence-corrected chi connectivity index (χ4v) is 1.93. The number of hydrogen-bond acceptors (Lipinski definition) is 6. The molecule has 1 aromatic carbocycles. The summed E-state index contributed by atoms with van der Waals surface area (Å²) in [6.07, 6.45) is 1.41. The molecule has 0 aliphatic carbocycles. The number of benzene rings is 1. The van der Waals surface area contributed by atoms with Crippen LogP contribution in [0.3, 0.4) is 0 Å². The molecule has 2 N–H and O–H groups in total. The Bertz CT molecular complexity index is 877. The van der Waals surface area contributed by atoms with E-state index in [1.165, 1.54) is 10.9 Å². The normalized spacial score (nSPS) is 10.3. The van der Waals surface area contributed by atoms with Crippen LogP contribution in [0.2, 0.25) is 0 Å². The van der Waals surface area contributed by atoms with Gasteiger partial charge < -0.3 is 14.7 Å². The van der Waals surface area contributed by atoms with Crippen LogP contribution in [0, 0.1) is 22.7 Å². The highest BCUT2D eigenvalue weighted by atomic mass is 16.3. The van der Waals surface area contributed by atoms with Crippen LogP contribution in [0.5, 0.6) is 0 Å². The number of oxazole rings is 1. The second kappa shape index (κ2) is 4.41. The first-order chi connectivity index (χ1) is 9.72. The van der Waals surface area contributed by atoms with Crippen LogP contribution in [0.15, 0.2) is 28.9 Å². The molecule has 0 aliphatic rings. The summed E-state index contributed by atoms with van der Waals surface area (Å²) in [5.74, 6) is 0.399. The van der Waals surface area contributed by atoms with Crippen LogP contribution in [-0.2, 0) is 6.54 Å². The number of nitriles is 2. The van der Waals surface area contributed by atoms with Crippen molar-refractivity contribution in [2.75, 3.05) is 5.73 Å². The summed E-state index contributed by atoms with van der Waals surface area (Å²) in [4.78, 5) is 8.14. The smallest absolute Gasteiger partial charge is 0.215 e. The molecule has 7 heteroatoms. The molecule has 0 aliphatic heterocycles. The van der Waals surface area contributed by atoms with Crippen molar-refractivity contribution < 1.29 is 4.42 Å². The number of imidazole rings is 1. The van der Waals surface area contributed by atoms with Gasteiger partial charge in [0.25, 0.3) is 0 Å². The zero-order valence-corrected chi connectivity index (χ0v) is 10.2. The Balaban J connectivity index is 2.02. The zero-order valence-electron chi connectivity index (χ0n) is 10.2. The van der Waals surface area contributed by atoms with E-state index in [0.29, 0.717) is 22.7 Å². The Morgan fingerprint density at radius 2 is 2.15 bits per heavy atom. The Labute approximate surface area is 113 Å². The van der Waals surface area contributed by atoms with Gasteiger partial charge in [0, 0.05) is 0 Å². The predicted molar refractivity (Wildman–Crippen MR) is 69.2 cm³/mol. The Morgan fingerprint density at radius 3 is 2.85 bits per heavy atom. The van der Waals surface area contributed by atoms with E-state index in [4.69, 9.17) is 20.7 Å². The number of rotatable bonds is 2. The summed E-state index contributed by atoms with van der Waals surface area (Å²) >= 11 is 0. The summed E-state index contributed by atoms with van der Waals surface area (Å²) in [6.45, 7) is 0.214. The summed E-state index contributed by atoms with van der Waals surface area (Å²) < 4.78 is 7.08. The van der Waals surface area contributed by atoms with Crippen LogP contribution in [0.25, 0.3) is 11.1 Å². The lowest BCUT2D eigenvalue weighted by Gasteiger charge is -1.98. The minimum Gasteiger partial charge on any atom is -0.439 e. The molecule has 0 amide bonds. The van der Waals surface area contributed by atoms with Gasteiger partial charge in [-0.2, -0.15) is 10.5 Å². The largest absolute Gasteiger partial charge is 0.439 e. The van der Waals surface area contributed by atoms with Gasteiger partial charge in [-0.15, -0.1) is 0 Å². The molecule has 0 atom stereocenters. The van der Waals surface area contributed by atoms with Gasteiger partial charge >= 0.3 is 0 Å². The number of fused-ring (bicyclic) bond motifs is 1. The highest BCUT2D eigenvalue weighted by Crippen LogP contribution is 2.21. The lowest BCUT2D eigenvalue weighted by molar-refractivity contribution is 0.507. The van der Waals surface area contributed by atoms with Crippen LogP contribution in [0.1, 0.15) is 17.3 Å². The maximum Gasteiger partial charge on any atom is 0.215 e. The lowest BCUT2D eigenvalue weighted by atomic mass is 10.3. The fraction of sp³-hybridized carbons (Fsp3) is 0.0769. The molecular formula is C13H8N6O. The molecule has 0 saturated heterocycles. The van der Waals surface area contributed by atoms with E-state index in [2.05, 4.69) is 9.97 Å². The molecule has 0 unspecified atom stereocenters. The van der Waals surface area contributed by atoms with E-state index in [1.54, 1.807) is 18.2 Å². The lowest BCUT2D eigenvalue weighted by Crippen LogP contribution is -2.01. The monoisotopic (exact) mass is 264 g/mol. The number of nitrogens with two attached hydrogens (primary N) is 1. The van der Waals surface area contributed by atoms with E-state index in [-0.39, 0.29) is 17.9 Å². The van der Waals surface area contributed by atoms with Gasteiger partial charge in [-0.3, -0.25) is 0 Å². The Morgan fingerprint density at radius 1 is 1.30 bits per heavy atom. The molecule has 0 fully saturated rings. The van der Waals surface area contributed by atoms with Gasteiger partial charge in [0.05, 0.1) is 12.0 Å². The quantitative estimate of drug-likeness (QED) is 0.699. The number of para-hydroxylation sites is 1. The highest BCUT2D eigenvalue weighted by Gasteiger charge is 2.13. The molecule has 0 saturated carbocycles.